The molecule has 146 valence electrons. The van der Waals surface area contributed by atoms with Crippen LogP contribution in [-0.4, -0.2) is 82.7 Å². The molecule has 3 rings (SSSR count). The van der Waals surface area contributed by atoms with E-state index in [0.29, 0.717) is 31.9 Å². The molecule has 1 aromatic rings. The van der Waals surface area contributed by atoms with Gasteiger partial charge in [-0.15, -0.1) is 0 Å². The number of piperidine rings is 1. The molecule has 1 N–H and O–H groups in total. The van der Waals surface area contributed by atoms with Gasteiger partial charge in [-0.2, -0.15) is 0 Å². The zero-order valence-electron chi connectivity index (χ0n) is 16.4. The maximum atomic E-state index is 12.5. The lowest BCUT2D eigenvalue weighted by Crippen LogP contribution is -2.52. The highest BCUT2D eigenvalue weighted by atomic mass is 16.3. The van der Waals surface area contributed by atoms with Crippen molar-refractivity contribution >= 4 is 11.9 Å². The molecule has 2 fully saturated rings. The van der Waals surface area contributed by atoms with Gasteiger partial charge in [0.25, 0.3) is 0 Å². The number of aromatic nitrogens is 2. The maximum Gasteiger partial charge on any atom is 0.225 e. The van der Waals surface area contributed by atoms with Gasteiger partial charge in [0.05, 0.1) is 12.0 Å². The highest BCUT2D eigenvalue weighted by Crippen LogP contribution is 2.26. The molecule has 0 atom stereocenters. The minimum Gasteiger partial charge on any atom is -0.389 e. The molecule has 7 heteroatoms. The Balaban J connectivity index is 0.000000758. The van der Waals surface area contributed by atoms with Crippen molar-refractivity contribution in [2.24, 2.45) is 0 Å². The highest BCUT2D eigenvalue weighted by Gasteiger charge is 2.35. The summed E-state index contributed by atoms with van der Waals surface area (Å²) in [5.41, 5.74) is -0.830. The minimum atomic E-state index is -0.830. The number of aliphatic hydroxyl groups is 1. The van der Waals surface area contributed by atoms with Gasteiger partial charge in [0, 0.05) is 51.7 Å². The van der Waals surface area contributed by atoms with E-state index in [1.165, 1.54) is 6.42 Å². The third-order valence-electron chi connectivity index (χ3n) is 4.87. The Kier molecular flexibility index (Phi) is 7.78. The second-order valence-corrected chi connectivity index (χ2v) is 7.33. The molecule has 2 aliphatic heterocycles. The number of hydrogen-bond acceptors (Lipinski definition) is 6. The molecule has 2 saturated heterocycles. The lowest BCUT2D eigenvalue weighted by Gasteiger charge is -2.39. The van der Waals surface area contributed by atoms with Gasteiger partial charge in [0.1, 0.15) is 0 Å². The Hall–Kier alpha value is -1.73. The molecule has 0 radical (unpaired) electrons. The molecule has 0 aromatic carbocycles. The molecule has 1 amide bonds. The number of carbonyl (C=O) groups excluding carboxylic acids is 1. The fourth-order valence-electron chi connectivity index (χ4n) is 3.22. The quantitative estimate of drug-likeness (QED) is 0.875. The van der Waals surface area contributed by atoms with Gasteiger partial charge in [-0.3, -0.25) is 4.79 Å². The fourth-order valence-corrected chi connectivity index (χ4v) is 3.22. The van der Waals surface area contributed by atoms with Gasteiger partial charge in [-0.05, 0) is 26.0 Å². The first-order valence-electron chi connectivity index (χ1n) is 9.68. The van der Waals surface area contributed by atoms with Gasteiger partial charge < -0.3 is 19.8 Å². The van der Waals surface area contributed by atoms with E-state index in [2.05, 4.69) is 33.6 Å². The predicted molar refractivity (Wildman–Crippen MR) is 103 cm³/mol. The van der Waals surface area contributed by atoms with E-state index in [-0.39, 0.29) is 12.3 Å². The van der Waals surface area contributed by atoms with Crippen molar-refractivity contribution in [1.29, 1.82) is 0 Å². The zero-order chi connectivity index (χ0) is 19.0. The molecule has 0 saturated carbocycles. The second kappa shape index (κ2) is 9.83. The smallest absolute Gasteiger partial charge is 0.225 e. The Morgan fingerprint density at radius 1 is 1.08 bits per heavy atom. The first-order valence-corrected chi connectivity index (χ1v) is 9.68. The standard InChI is InChI=1S/C16H25N5O2.C3H8/c1-19-7-3-16(23,4-8-19)13-14(22)20-9-11-21(12-10-20)15-17-5-2-6-18-15;1-3-2/h2,5-6,23H,3-4,7-13H2,1H3;3H2,1-2H3. The Morgan fingerprint density at radius 3 is 2.15 bits per heavy atom. The number of anilines is 1. The van der Waals surface area contributed by atoms with Crippen LogP contribution in [0, 0.1) is 0 Å². The van der Waals surface area contributed by atoms with Crippen LogP contribution in [0.15, 0.2) is 18.5 Å². The number of carbonyl (C=O) groups is 1. The van der Waals surface area contributed by atoms with E-state index >= 15 is 0 Å². The van der Waals surface area contributed by atoms with Crippen LogP contribution in [0.1, 0.15) is 39.5 Å². The lowest BCUT2D eigenvalue weighted by atomic mass is 9.88. The van der Waals surface area contributed by atoms with Gasteiger partial charge in [-0.1, -0.05) is 20.3 Å². The summed E-state index contributed by atoms with van der Waals surface area (Å²) in [4.78, 5) is 27.1. The molecule has 26 heavy (non-hydrogen) atoms. The predicted octanol–water partition coefficient (Wildman–Crippen LogP) is 1.39. The van der Waals surface area contributed by atoms with E-state index in [0.717, 1.165) is 26.2 Å². The van der Waals surface area contributed by atoms with E-state index in [1.54, 1.807) is 18.5 Å². The summed E-state index contributed by atoms with van der Waals surface area (Å²) in [6, 6.07) is 1.80. The number of amides is 1. The van der Waals surface area contributed by atoms with E-state index < -0.39 is 5.60 Å². The number of nitrogens with zero attached hydrogens (tertiary/aromatic N) is 5. The summed E-state index contributed by atoms with van der Waals surface area (Å²) in [7, 11) is 2.05. The third kappa shape index (κ3) is 5.92. The maximum absolute atomic E-state index is 12.5. The lowest BCUT2D eigenvalue weighted by molar-refractivity contribution is -0.138. The van der Waals surface area contributed by atoms with Crippen molar-refractivity contribution in [2.45, 2.75) is 45.1 Å². The topological polar surface area (TPSA) is 72.8 Å². The highest BCUT2D eigenvalue weighted by molar-refractivity contribution is 5.77. The summed E-state index contributed by atoms with van der Waals surface area (Å²) in [5, 5.41) is 10.6. The van der Waals surface area contributed by atoms with Gasteiger partial charge in [-0.25, -0.2) is 9.97 Å². The number of likely N-dealkylation sites (tertiary alicyclic amines) is 1. The summed E-state index contributed by atoms with van der Waals surface area (Å²) in [6.45, 7) is 8.74. The van der Waals surface area contributed by atoms with Crippen LogP contribution in [0.25, 0.3) is 0 Å². The van der Waals surface area contributed by atoms with Crippen molar-refractivity contribution in [3.05, 3.63) is 18.5 Å². The fraction of sp³-hybridized carbons (Fsp3) is 0.737. The molecule has 1 aromatic heterocycles. The van der Waals surface area contributed by atoms with Crippen molar-refractivity contribution in [2.75, 3.05) is 51.2 Å². The molecule has 3 heterocycles. The number of rotatable bonds is 3. The molecule has 0 aliphatic carbocycles. The average molecular weight is 364 g/mol. The average Bonchev–Trinajstić information content (AvgIpc) is 2.66. The van der Waals surface area contributed by atoms with Crippen molar-refractivity contribution in [3.63, 3.8) is 0 Å². The third-order valence-corrected chi connectivity index (χ3v) is 4.87. The van der Waals surface area contributed by atoms with Gasteiger partial charge in [0.2, 0.25) is 11.9 Å². The molecule has 0 unspecified atom stereocenters. The normalized spacial score (nSPS) is 20.3. The van der Waals surface area contributed by atoms with Crippen LogP contribution in [0.2, 0.25) is 0 Å². The number of hydrogen-bond donors (Lipinski definition) is 1. The Bertz CT molecular complexity index is 538. The molecule has 7 nitrogen and oxygen atoms in total. The SMILES string of the molecule is CCC.CN1CCC(O)(CC(=O)N2CCN(c3ncccn3)CC2)CC1. The first-order chi connectivity index (χ1) is 12.5. The van der Waals surface area contributed by atoms with E-state index in [9.17, 15) is 9.90 Å². The second-order valence-electron chi connectivity index (χ2n) is 7.33. The van der Waals surface area contributed by atoms with Crippen molar-refractivity contribution in [3.8, 4) is 0 Å². The summed E-state index contributed by atoms with van der Waals surface area (Å²) in [5.74, 6) is 0.777. The monoisotopic (exact) mass is 363 g/mol. The van der Waals surface area contributed by atoms with Gasteiger partial charge >= 0.3 is 0 Å². The van der Waals surface area contributed by atoms with Crippen LogP contribution < -0.4 is 4.90 Å². The van der Waals surface area contributed by atoms with Crippen LogP contribution in [0.5, 0.6) is 0 Å². The largest absolute Gasteiger partial charge is 0.389 e. The minimum absolute atomic E-state index is 0.0608. The van der Waals surface area contributed by atoms with Gasteiger partial charge in [0.15, 0.2) is 0 Å². The van der Waals surface area contributed by atoms with E-state index in [1.807, 2.05) is 11.9 Å². The molecule has 2 aliphatic rings. The van der Waals surface area contributed by atoms with Crippen molar-refractivity contribution < 1.29 is 9.90 Å². The van der Waals surface area contributed by atoms with Crippen LogP contribution in [-0.2, 0) is 4.79 Å². The molecular weight excluding hydrogens is 330 g/mol. The molecule has 0 bridgehead atoms. The van der Waals surface area contributed by atoms with Crippen LogP contribution >= 0.6 is 0 Å². The summed E-state index contributed by atoms with van der Waals surface area (Å²) < 4.78 is 0. The van der Waals surface area contributed by atoms with E-state index in [4.69, 9.17) is 0 Å². The Labute approximate surface area is 157 Å². The molecular formula is C19H33N5O2. The first kappa shape index (κ1) is 20.6. The zero-order valence-corrected chi connectivity index (χ0v) is 16.4. The van der Waals surface area contributed by atoms with Crippen molar-refractivity contribution in [1.82, 2.24) is 19.8 Å². The summed E-state index contributed by atoms with van der Waals surface area (Å²) in [6.07, 6.45) is 6.30. The van der Waals surface area contributed by atoms with Crippen LogP contribution in [0.3, 0.4) is 0 Å². The van der Waals surface area contributed by atoms with Crippen LogP contribution in [0.4, 0.5) is 5.95 Å². The number of piperazine rings is 1. The Morgan fingerprint density at radius 2 is 1.62 bits per heavy atom. The summed E-state index contributed by atoms with van der Waals surface area (Å²) >= 11 is 0. The molecule has 0 spiro atoms.